The first-order valence-electron chi connectivity index (χ1n) is 7.29. The van der Waals surface area contributed by atoms with Gasteiger partial charge in [-0.15, -0.1) is 0 Å². The van der Waals surface area contributed by atoms with Gasteiger partial charge in [-0.2, -0.15) is 5.10 Å². The first-order valence-corrected chi connectivity index (χ1v) is 7.29. The number of ketones is 1. The number of nitrogens with one attached hydrogen (secondary N) is 1. The molecule has 5 nitrogen and oxygen atoms in total. The van der Waals surface area contributed by atoms with Gasteiger partial charge in [0.25, 0.3) is 0 Å². The number of hydrogen-bond donors (Lipinski definition) is 1. The van der Waals surface area contributed by atoms with Gasteiger partial charge < -0.3 is 5.32 Å². The zero-order valence-corrected chi connectivity index (χ0v) is 13.4. The normalized spacial score (nSPS) is 10.5. The third kappa shape index (κ3) is 3.42. The summed E-state index contributed by atoms with van der Waals surface area (Å²) in [6.07, 6.45) is 0.999. The minimum atomic E-state index is -0.101. The molecule has 0 bridgehead atoms. The van der Waals surface area contributed by atoms with E-state index in [-0.39, 0.29) is 11.7 Å². The van der Waals surface area contributed by atoms with Gasteiger partial charge >= 0.3 is 0 Å². The Morgan fingerprint density at radius 2 is 1.91 bits per heavy atom. The van der Waals surface area contributed by atoms with Crippen molar-refractivity contribution in [2.45, 2.75) is 33.6 Å². The minimum absolute atomic E-state index is 0.0603. The zero-order valence-electron chi connectivity index (χ0n) is 13.4. The third-order valence-corrected chi connectivity index (χ3v) is 3.84. The maximum atomic E-state index is 12.1. The molecule has 0 saturated heterocycles. The molecule has 1 N–H and O–H groups in total. The maximum absolute atomic E-state index is 12.1. The molecule has 0 unspecified atom stereocenters. The van der Waals surface area contributed by atoms with Crippen LogP contribution in [0.25, 0.3) is 0 Å². The van der Waals surface area contributed by atoms with Crippen LogP contribution in [0.15, 0.2) is 24.3 Å². The molecule has 116 valence electrons. The Hall–Kier alpha value is -2.43. The molecule has 0 atom stereocenters. The van der Waals surface area contributed by atoms with Crippen LogP contribution in [-0.4, -0.2) is 21.5 Å². The van der Waals surface area contributed by atoms with E-state index >= 15 is 0 Å². The van der Waals surface area contributed by atoms with Crippen molar-refractivity contribution >= 4 is 17.4 Å². The van der Waals surface area contributed by atoms with Gasteiger partial charge in [0.1, 0.15) is 0 Å². The van der Waals surface area contributed by atoms with E-state index < -0.39 is 0 Å². The number of carbonyl (C=O) groups excluding carboxylic acids is 2. The third-order valence-electron chi connectivity index (χ3n) is 3.84. The number of anilines is 1. The fraction of sp³-hybridized carbons (Fsp3) is 0.353. The van der Waals surface area contributed by atoms with Gasteiger partial charge in [-0.05, 0) is 44.9 Å². The van der Waals surface area contributed by atoms with Crippen molar-refractivity contribution in [1.29, 1.82) is 0 Å². The summed E-state index contributed by atoms with van der Waals surface area (Å²) in [6.45, 7) is 5.44. The highest BCUT2D eigenvalue weighted by Crippen LogP contribution is 2.17. The lowest BCUT2D eigenvalue weighted by Gasteiger charge is -2.09. The Kier molecular flexibility index (Phi) is 4.75. The molecule has 1 aromatic carbocycles. The first kappa shape index (κ1) is 15.9. The van der Waals surface area contributed by atoms with E-state index in [9.17, 15) is 9.59 Å². The Labute approximate surface area is 130 Å². The van der Waals surface area contributed by atoms with Crippen LogP contribution >= 0.6 is 0 Å². The van der Waals surface area contributed by atoms with Gasteiger partial charge in [-0.3, -0.25) is 14.3 Å². The van der Waals surface area contributed by atoms with Crippen LogP contribution in [0.2, 0.25) is 0 Å². The number of aryl methyl sites for hydroxylation is 2. The lowest BCUT2D eigenvalue weighted by molar-refractivity contribution is -0.116. The topological polar surface area (TPSA) is 64.0 Å². The molecule has 22 heavy (non-hydrogen) atoms. The van der Waals surface area contributed by atoms with Crippen molar-refractivity contribution in [3.05, 3.63) is 46.8 Å². The van der Waals surface area contributed by atoms with E-state index in [1.54, 1.807) is 24.3 Å². The van der Waals surface area contributed by atoms with Crippen LogP contribution in [0.5, 0.6) is 0 Å². The smallest absolute Gasteiger partial charge is 0.224 e. The standard InChI is InChI=1S/C17H21N3O2/c1-11-14(12(2)20(4)19-11)9-10-17(22)18-16-8-6-5-7-15(16)13(3)21/h5-8H,9-10H2,1-4H3,(H,18,22). The van der Waals surface area contributed by atoms with Gasteiger partial charge in [-0.25, -0.2) is 0 Å². The lowest BCUT2D eigenvalue weighted by atomic mass is 10.1. The Morgan fingerprint density at radius 1 is 1.23 bits per heavy atom. The highest BCUT2D eigenvalue weighted by molar-refractivity contribution is 6.03. The van der Waals surface area contributed by atoms with Crippen LogP contribution in [0.3, 0.4) is 0 Å². The van der Waals surface area contributed by atoms with Crippen LogP contribution in [0, 0.1) is 13.8 Å². The fourth-order valence-corrected chi connectivity index (χ4v) is 2.53. The number of aromatic nitrogens is 2. The monoisotopic (exact) mass is 299 g/mol. The van der Waals surface area contributed by atoms with Crippen molar-refractivity contribution in [2.75, 3.05) is 5.32 Å². The molecule has 0 aliphatic rings. The van der Waals surface area contributed by atoms with Gasteiger partial charge in [0.05, 0.1) is 11.4 Å². The van der Waals surface area contributed by atoms with Crippen molar-refractivity contribution in [1.82, 2.24) is 9.78 Å². The van der Waals surface area contributed by atoms with Gasteiger partial charge in [0, 0.05) is 24.7 Å². The highest BCUT2D eigenvalue weighted by atomic mass is 16.1. The molecule has 2 rings (SSSR count). The van der Waals surface area contributed by atoms with Crippen LogP contribution in [0.4, 0.5) is 5.69 Å². The SMILES string of the molecule is CC(=O)c1ccccc1NC(=O)CCc1c(C)nn(C)c1C. The van der Waals surface area contributed by atoms with Gasteiger partial charge in [-0.1, -0.05) is 12.1 Å². The molecule has 0 spiro atoms. The van der Waals surface area contributed by atoms with E-state index in [4.69, 9.17) is 0 Å². The molecular formula is C17H21N3O2. The molecule has 0 aliphatic heterocycles. The molecule has 0 saturated carbocycles. The Morgan fingerprint density at radius 3 is 2.50 bits per heavy atom. The van der Waals surface area contributed by atoms with Crippen molar-refractivity contribution in [3.63, 3.8) is 0 Å². The second kappa shape index (κ2) is 6.56. The number of benzene rings is 1. The molecule has 0 aliphatic carbocycles. The van der Waals surface area contributed by atoms with E-state index in [0.717, 1.165) is 17.0 Å². The summed E-state index contributed by atoms with van der Waals surface area (Å²) in [7, 11) is 1.90. The number of carbonyl (C=O) groups is 2. The van der Waals surface area contributed by atoms with E-state index in [1.807, 2.05) is 25.6 Å². The molecule has 0 radical (unpaired) electrons. The molecular weight excluding hydrogens is 278 g/mol. The molecule has 1 heterocycles. The van der Waals surface area contributed by atoms with Crippen molar-refractivity contribution < 1.29 is 9.59 Å². The summed E-state index contributed by atoms with van der Waals surface area (Å²) in [5.41, 5.74) is 4.24. The zero-order chi connectivity index (χ0) is 16.3. The van der Waals surface area contributed by atoms with Gasteiger partial charge in [0.15, 0.2) is 5.78 Å². The summed E-state index contributed by atoms with van der Waals surface area (Å²) < 4.78 is 1.83. The number of amides is 1. The largest absolute Gasteiger partial charge is 0.325 e. The van der Waals surface area contributed by atoms with Crippen LogP contribution < -0.4 is 5.32 Å². The summed E-state index contributed by atoms with van der Waals surface area (Å²) in [5, 5.41) is 7.17. The molecule has 2 aromatic rings. The summed E-state index contributed by atoms with van der Waals surface area (Å²) in [4.78, 5) is 23.7. The maximum Gasteiger partial charge on any atom is 0.224 e. The number of hydrogen-bond acceptors (Lipinski definition) is 3. The molecule has 1 aromatic heterocycles. The van der Waals surface area contributed by atoms with Crippen molar-refractivity contribution in [3.8, 4) is 0 Å². The molecule has 5 heteroatoms. The predicted molar refractivity (Wildman–Crippen MR) is 86.1 cm³/mol. The van der Waals surface area contributed by atoms with Crippen LogP contribution in [-0.2, 0) is 18.3 Å². The first-order chi connectivity index (χ1) is 10.4. The fourth-order valence-electron chi connectivity index (χ4n) is 2.53. The molecule has 0 fully saturated rings. The van der Waals surface area contributed by atoms with Crippen molar-refractivity contribution in [2.24, 2.45) is 7.05 Å². The predicted octanol–water partition coefficient (Wildman–Crippen LogP) is 2.81. The summed E-state index contributed by atoms with van der Waals surface area (Å²) in [6, 6.07) is 7.05. The van der Waals surface area contributed by atoms with E-state index in [2.05, 4.69) is 10.4 Å². The number of rotatable bonds is 5. The van der Waals surface area contributed by atoms with Crippen LogP contribution in [0.1, 0.15) is 40.7 Å². The second-order valence-corrected chi connectivity index (χ2v) is 5.42. The Bertz CT molecular complexity index is 717. The van der Waals surface area contributed by atoms with Gasteiger partial charge in [0.2, 0.25) is 5.91 Å². The summed E-state index contributed by atoms with van der Waals surface area (Å²) in [5.74, 6) is -0.161. The number of para-hydroxylation sites is 1. The van der Waals surface area contributed by atoms with E-state index in [0.29, 0.717) is 24.1 Å². The lowest BCUT2D eigenvalue weighted by Crippen LogP contribution is -2.15. The minimum Gasteiger partial charge on any atom is -0.325 e. The molecule has 1 amide bonds. The summed E-state index contributed by atoms with van der Waals surface area (Å²) >= 11 is 0. The number of Topliss-reactive ketones (excluding diaryl/α,β-unsaturated/α-hetero) is 1. The second-order valence-electron chi connectivity index (χ2n) is 5.42. The average Bonchev–Trinajstić information content (AvgIpc) is 2.70. The quantitative estimate of drug-likeness (QED) is 0.863. The number of nitrogens with zero attached hydrogens (tertiary/aromatic N) is 2. The van der Waals surface area contributed by atoms with E-state index in [1.165, 1.54) is 6.92 Å². The average molecular weight is 299 g/mol. The highest BCUT2D eigenvalue weighted by Gasteiger charge is 2.13. The Balaban J connectivity index is 2.04.